The second kappa shape index (κ2) is 8.13. The first-order valence-electron chi connectivity index (χ1n) is 7.94. The number of amides is 1. The Kier molecular flexibility index (Phi) is 5.66. The molecule has 5 heteroatoms. The molecule has 1 aliphatic heterocycles. The molecule has 120 valence electrons. The highest BCUT2D eigenvalue weighted by atomic mass is 32.2. The van der Waals surface area contributed by atoms with Gasteiger partial charge in [0.25, 0.3) is 0 Å². The van der Waals surface area contributed by atoms with E-state index in [2.05, 4.69) is 21.3 Å². The topological polar surface area (TPSA) is 45.2 Å². The highest BCUT2D eigenvalue weighted by Gasteiger charge is 2.14. The van der Waals surface area contributed by atoms with Gasteiger partial charge >= 0.3 is 0 Å². The van der Waals surface area contributed by atoms with Crippen molar-refractivity contribution in [3.8, 4) is 0 Å². The summed E-state index contributed by atoms with van der Waals surface area (Å²) in [5, 5.41) is 3.05. The number of anilines is 1. The summed E-state index contributed by atoms with van der Waals surface area (Å²) in [4.78, 5) is 19.7. The van der Waals surface area contributed by atoms with Crippen LogP contribution in [0, 0.1) is 0 Å². The Balaban J connectivity index is 1.57. The zero-order chi connectivity index (χ0) is 15.9. The van der Waals surface area contributed by atoms with E-state index in [0.29, 0.717) is 5.75 Å². The molecule has 3 rings (SSSR count). The van der Waals surface area contributed by atoms with Crippen LogP contribution in [-0.4, -0.2) is 34.6 Å². The largest absolute Gasteiger partial charge is 0.325 e. The van der Waals surface area contributed by atoms with Gasteiger partial charge in [-0.3, -0.25) is 14.7 Å². The molecule has 0 aliphatic carbocycles. The highest BCUT2D eigenvalue weighted by molar-refractivity contribution is 8.00. The molecule has 1 N–H and O–H groups in total. The summed E-state index contributed by atoms with van der Waals surface area (Å²) in [5.74, 6) is 0.433. The average Bonchev–Trinajstić information content (AvgIpc) is 3.09. The zero-order valence-corrected chi connectivity index (χ0v) is 13.9. The molecule has 0 bridgehead atoms. The summed E-state index contributed by atoms with van der Waals surface area (Å²) in [7, 11) is 0. The van der Waals surface area contributed by atoms with E-state index in [1.54, 1.807) is 12.4 Å². The predicted octanol–water partition coefficient (Wildman–Crippen LogP) is 3.41. The predicted molar refractivity (Wildman–Crippen MR) is 94.5 cm³/mol. The van der Waals surface area contributed by atoms with Gasteiger partial charge in [0.1, 0.15) is 0 Å². The first-order valence-corrected chi connectivity index (χ1v) is 8.93. The normalized spacial score (nSPS) is 14.8. The maximum Gasteiger partial charge on any atom is 0.234 e. The number of nitrogens with zero attached hydrogens (tertiary/aromatic N) is 2. The Morgan fingerprint density at radius 1 is 1.13 bits per heavy atom. The van der Waals surface area contributed by atoms with E-state index < -0.39 is 0 Å². The lowest BCUT2D eigenvalue weighted by Gasteiger charge is -2.17. The van der Waals surface area contributed by atoms with E-state index in [-0.39, 0.29) is 5.91 Å². The summed E-state index contributed by atoms with van der Waals surface area (Å²) in [5.41, 5.74) is 2.12. The number of carbonyl (C=O) groups excluding carboxylic acids is 1. The number of hydrogen-bond acceptors (Lipinski definition) is 4. The van der Waals surface area contributed by atoms with Gasteiger partial charge in [-0.2, -0.15) is 0 Å². The molecule has 2 heterocycles. The van der Waals surface area contributed by atoms with E-state index in [1.165, 1.54) is 30.2 Å². The van der Waals surface area contributed by atoms with Crippen LogP contribution in [0.5, 0.6) is 0 Å². The highest BCUT2D eigenvalue weighted by Crippen LogP contribution is 2.21. The SMILES string of the molecule is O=C(CSc1ccncc1)Nc1ccccc1CN1CCCC1. The minimum atomic E-state index is 0.0284. The third-order valence-corrected chi connectivity index (χ3v) is 4.92. The van der Waals surface area contributed by atoms with Crippen LogP contribution in [0.15, 0.2) is 53.7 Å². The first kappa shape index (κ1) is 16.0. The molecule has 1 aromatic carbocycles. The van der Waals surface area contributed by atoms with Gasteiger partial charge in [0.15, 0.2) is 0 Å². The van der Waals surface area contributed by atoms with Crippen molar-refractivity contribution in [2.75, 3.05) is 24.2 Å². The molecule has 1 aliphatic rings. The van der Waals surface area contributed by atoms with E-state index >= 15 is 0 Å². The van der Waals surface area contributed by atoms with Gasteiger partial charge in [0, 0.05) is 29.5 Å². The molecule has 0 spiro atoms. The number of nitrogens with one attached hydrogen (secondary N) is 1. The molecule has 0 radical (unpaired) electrons. The molecule has 4 nitrogen and oxygen atoms in total. The molecule has 0 saturated carbocycles. The van der Waals surface area contributed by atoms with Crippen molar-refractivity contribution in [1.29, 1.82) is 0 Å². The first-order chi connectivity index (χ1) is 11.3. The lowest BCUT2D eigenvalue weighted by molar-refractivity contribution is -0.113. The molecule has 23 heavy (non-hydrogen) atoms. The fraction of sp³-hybridized carbons (Fsp3) is 0.333. The van der Waals surface area contributed by atoms with E-state index in [1.807, 2.05) is 30.3 Å². The summed E-state index contributed by atoms with van der Waals surface area (Å²) >= 11 is 1.52. The van der Waals surface area contributed by atoms with Crippen molar-refractivity contribution in [3.63, 3.8) is 0 Å². The van der Waals surface area contributed by atoms with Crippen LogP contribution in [0.1, 0.15) is 18.4 Å². The number of hydrogen-bond donors (Lipinski definition) is 1. The monoisotopic (exact) mass is 327 g/mol. The fourth-order valence-electron chi connectivity index (χ4n) is 2.73. The third-order valence-electron chi connectivity index (χ3n) is 3.90. The maximum atomic E-state index is 12.2. The number of likely N-dealkylation sites (tertiary alicyclic amines) is 1. The summed E-state index contributed by atoms with van der Waals surface area (Å²) in [6.07, 6.45) is 6.03. The number of pyridine rings is 1. The Hall–Kier alpha value is -1.85. The van der Waals surface area contributed by atoms with Gasteiger partial charge < -0.3 is 5.32 Å². The van der Waals surface area contributed by atoms with Crippen molar-refractivity contribution in [1.82, 2.24) is 9.88 Å². The zero-order valence-electron chi connectivity index (χ0n) is 13.1. The Labute approximate surface area is 141 Å². The van der Waals surface area contributed by atoms with Gasteiger partial charge in [-0.25, -0.2) is 0 Å². The summed E-state index contributed by atoms with van der Waals surface area (Å²) in [6.45, 7) is 3.22. The van der Waals surface area contributed by atoms with Crippen LogP contribution < -0.4 is 5.32 Å². The Bertz CT molecular complexity index is 642. The van der Waals surface area contributed by atoms with Crippen LogP contribution in [0.25, 0.3) is 0 Å². The lowest BCUT2D eigenvalue weighted by Crippen LogP contribution is -2.21. The molecular weight excluding hydrogens is 306 g/mol. The molecule has 1 fully saturated rings. The van der Waals surface area contributed by atoms with Crippen LogP contribution in [0.4, 0.5) is 5.69 Å². The number of thioether (sulfide) groups is 1. The Morgan fingerprint density at radius 2 is 1.87 bits per heavy atom. The van der Waals surface area contributed by atoms with Gasteiger partial charge in [0.2, 0.25) is 5.91 Å². The Morgan fingerprint density at radius 3 is 2.65 bits per heavy atom. The van der Waals surface area contributed by atoms with E-state index in [9.17, 15) is 4.79 Å². The van der Waals surface area contributed by atoms with Crippen molar-refractivity contribution in [3.05, 3.63) is 54.4 Å². The molecule has 2 aromatic rings. The molecule has 1 aromatic heterocycles. The molecule has 0 unspecified atom stereocenters. The van der Waals surface area contributed by atoms with Gasteiger partial charge in [-0.1, -0.05) is 18.2 Å². The number of aromatic nitrogens is 1. The number of para-hydroxylation sites is 1. The second-order valence-corrected chi connectivity index (χ2v) is 6.71. The lowest BCUT2D eigenvalue weighted by atomic mass is 10.1. The minimum absolute atomic E-state index is 0.0284. The third kappa shape index (κ3) is 4.81. The molecule has 1 amide bonds. The number of carbonyl (C=O) groups is 1. The van der Waals surface area contributed by atoms with Crippen LogP contribution >= 0.6 is 11.8 Å². The maximum absolute atomic E-state index is 12.2. The summed E-state index contributed by atoms with van der Waals surface area (Å²) < 4.78 is 0. The standard InChI is InChI=1S/C18H21N3OS/c22-18(14-23-16-7-9-19-10-8-16)20-17-6-2-1-5-15(17)13-21-11-3-4-12-21/h1-2,5-10H,3-4,11-14H2,(H,20,22). The van der Waals surface area contributed by atoms with Crippen molar-refractivity contribution in [2.24, 2.45) is 0 Å². The van der Waals surface area contributed by atoms with E-state index in [0.717, 1.165) is 30.2 Å². The van der Waals surface area contributed by atoms with Gasteiger partial charge in [0.05, 0.1) is 5.75 Å². The quantitative estimate of drug-likeness (QED) is 0.826. The number of rotatable bonds is 6. The molecular formula is C18H21N3OS. The number of benzene rings is 1. The van der Waals surface area contributed by atoms with Crippen LogP contribution in [0.3, 0.4) is 0 Å². The van der Waals surface area contributed by atoms with Crippen molar-refractivity contribution < 1.29 is 4.79 Å². The fourth-order valence-corrected chi connectivity index (χ4v) is 3.42. The van der Waals surface area contributed by atoms with Gasteiger partial charge in [-0.15, -0.1) is 11.8 Å². The smallest absolute Gasteiger partial charge is 0.234 e. The van der Waals surface area contributed by atoms with Gasteiger partial charge in [-0.05, 0) is 49.7 Å². The minimum Gasteiger partial charge on any atom is -0.325 e. The van der Waals surface area contributed by atoms with Crippen LogP contribution in [0.2, 0.25) is 0 Å². The van der Waals surface area contributed by atoms with Crippen molar-refractivity contribution >= 4 is 23.4 Å². The van der Waals surface area contributed by atoms with Crippen molar-refractivity contribution in [2.45, 2.75) is 24.3 Å². The second-order valence-electron chi connectivity index (χ2n) is 5.66. The molecule has 1 saturated heterocycles. The molecule has 0 atom stereocenters. The average molecular weight is 327 g/mol. The van der Waals surface area contributed by atoms with E-state index in [4.69, 9.17) is 0 Å². The van der Waals surface area contributed by atoms with Crippen LogP contribution in [-0.2, 0) is 11.3 Å². The summed E-state index contributed by atoms with van der Waals surface area (Å²) in [6, 6.07) is 11.9.